The largest absolute Gasteiger partial charge is 0.407 e. The Labute approximate surface area is 101 Å². The Kier molecular flexibility index (Phi) is 3.81. The van der Waals surface area contributed by atoms with Crippen molar-refractivity contribution in [1.82, 2.24) is 0 Å². The van der Waals surface area contributed by atoms with Gasteiger partial charge in [-0.3, -0.25) is 0 Å². The molecule has 0 amide bonds. The molecule has 0 aliphatic rings. The third-order valence-electron chi connectivity index (χ3n) is 1.66. The van der Waals surface area contributed by atoms with E-state index in [1.54, 1.807) is 6.07 Å². The lowest BCUT2D eigenvalue weighted by Crippen LogP contribution is -2.28. The molecule has 0 saturated carbocycles. The summed E-state index contributed by atoms with van der Waals surface area (Å²) >= 11 is 5.17. The molecular formula is C8H6BrF3IN. The summed E-state index contributed by atoms with van der Waals surface area (Å²) in [4.78, 5) is 0. The second-order valence-corrected chi connectivity index (χ2v) is 4.71. The minimum atomic E-state index is -4.40. The molecule has 0 spiro atoms. The Morgan fingerprint density at radius 2 is 1.93 bits per heavy atom. The molecule has 0 fully saturated rings. The van der Waals surface area contributed by atoms with E-state index in [4.69, 9.17) is 5.73 Å². The van der Waals surface area contributed by atoms with E-state index in [0.717, 1.165) is 3.57 Å². The van der Waals surface area contributed by atoms with Crippen LogP contribution in [0, 0.1) is 3.57 Å². The van der Waals surface area contributed by atoms with Crippen LogP contribution in [0.25, 0.3) is 0 Å². The summed E-state index contributed by atoms with van der Waals surface area (Å²) in [6.07, 6.45) is -4.40. The van der Waals surface area contributed by atoms with Crippen molar-refractivity contribution in [1.29, 1.82) is 0 Å². The van der Waals surface area contributed by atoms with Crippen molar-refractivity contribution in [3.05, 3.63) is 31.8 Å². The zero-order chi connectivity index (χ0) is 10.9. The maximum absolute atomic E-state index is 12.2. The highest BCUT2D eigenvalue weighted by molar-refractivity contribution is 14.1. The van der Waals surface area contributed by atoms with Gasteiger partial charge >= 0.3 is 6.18 Å². The van der Waals surface area contributed by atoms with Crippen molar-refractivity contribution in [3.8, 4) is 0 Å². The second-order valence-electron chi connectivity index (χ2n) is 2.69. The van der Waals surface area contributed by atoms with E-state index in [2.05, 4.69) is 15.9 Å². The van der Waals surface area contributed by atoms with Gasteiger partial charge in [-0.1, -0.05) is 6.07 Å². The van der Waals surface area contributed by atoms with Crippen LogP contribution >= 0.6 is 38.5 Å². The normalized spacial score (nSPS) is 14.1. The summed E-state index contributed by atoms with van der Waals surface area (Å²) in [5, 5.41) is 0. The van der Waals surface area contributed by atoms with Crippen LogP contribution < -0.4 is 5.73 Å². The molecule has 0 aromatic heterocycles. The maximum atomic E-state index is 12.2. The van der Waals surface area contributed by atoms with Gasteiger partial charge in [0.1, 0.15) is 6.04 Å². The Balaban J connectivity index is 3.03. The van der Waals surface area contributed by atoms with Gasteiger partial charge in [0, 0.05) is 8.04 Å². The topological polar surface area (TPSA) is 26.0 Å². The van der Waals surface area contributed by atoms with Gasteiger partial charge in [-0.2, -0.15) is 13.2 Å². The number of hydrogen-bond acceptors (Lipinski definition) is 1. The van der Waals surface area contributed by atoms with E-state index in [1.807, 2.05) is 22.6 Å². The summed E-state index contributed by atoms with van der Waals surface area (Å²) in [6.45, 7) is 0. The summed E-state index contributed by atoms with van der Waals surface area (Å²) in [7, 11) is 0. The van der Waals surface area contributed by atoms with E-state index in [1.165, 1.54) is 12.1 Å². The van der Waals surface area contributed by atoms with E-state index < -0.39 is 12.2 Å². The van der Waals surface area contributed by atoms with Crippen molar-refractivity contribution in [3.63, 3.8) is 0 Å². The number of halogens is 5. The van der Waals surface area contributed by atoms with E-state index in [-0.39, 0.29) is 5.56 Å². The van der Waals surface area contributed by atoms with Crippen LogP contribution in [-0.4, -0.2) is 6.18 Å². The Bertz CT molecular complexity index is 340. The first-order valence-electron chi connectivity index (χ1n) is 3.59. The van der Waals surface area contributed by atoms with Crippen LogP contribution in [0.3, 0.4) is 0 Å². The van der Waals surface area contributed by atoms with Crippen molar-refractivity contribution in [2.45, 2.75) is 12.2 Å². The van der Waals surface area contributed by atoms with Gasteiger partial charge in [0.05, 0.1) is 0 Å². The lowest BCUT2D eigenvalue weighted by atomic mass is 10.1. The number of alkyl halides is 3. The fourth-order valence-electron chi connectivity index (χ4n) is 0.895. The summed E-state index contributed by atoms with van der Waals surface area (Å²) in [5.74, 6) is 0. The molecule has 0 radical (unpaired) electrons. The molecule has 6 heteroatoms. The number of nitrogens with two attached hydrogens (primary N) is 1. The molecule has 2 N–H and O–H groups in total. The first-order chi connectivity index (χ1) is 6.32. The molecule has 1 aromatic rings. The Morgan fingerprint density at radius 1 is 1.36 bits per heavy atom. The van der Waals surface area contributed by atoms with Crippen molar-refractivity contribution in [2.24, 2.45) is 5.73 Å². The lowest BCUT2D eigenvalue weighted by molar-refractivity contribution is -0.149. The quantitative estimate of drug-likeness (QED) is 0.741. The summed E-state index contributed by atoms with van der Waals surface area (Å²) in [5.41, 5.74) is 5.10. The third kappa shape index (κ3) is 2.83. The lowest BCUT2D eigenvalue weighted by Gasteiger charge is -2.16. The number of benzene rings is 1. The molecule has 0 unspecified atom stereocenters. The van der Waals surface area contributed by atoms with Gasteiger partial charge in [0.15, 0.2) is 0 Å². The SMILES string of the molecule is N[C@@H](c1ccc(I)c(Br)c1)C(F)(F)F. The number of hydrogen-bond donors (Lipinski definition) is 1. The average molecular weight is 380 g/mol. The first kappa shape index (κ1) is 12.3. The second kappa shape index (κ2) is 4.36. The van der Waals surface area contributed by atoms with E-state index >= 15 is 0 Å². The predicted octanol–water partition coefficient (Wildman–Crippen LogP) is 3.62. The highest BCUT2D eigenvalue weighted by Gasteiger charge is 2.37. The van der Waals surface area contributed by atoms with Crippen molar-refractivity contribution >= 4 is 38.5 Å². The first-order valence-corrected chi connectivity index (χ1v) is 5.47. The Hall–Kier alpha value is 0.180. The highest BCUT2D eigenvalue weighted by atomic mass is 127. The molecule has 0 bridgehead atoms. The number of rotatable bonds is 1. The molecule has 1 aromatic carbocycles. The van der Waals surface area contributed by atoms with Gasteiger partial charge < -0.3 is 5.73 Å². The van der Waals surface area contributed by atoms with Crippen molar-refractivity contribution < 1.29 is 13.2 Å². The fourth-order valence-corrected chi connectivity index (χ4v) is 1.63. The minimum Gasteiger partial charge on any atom is -0.316 e. The minimum absolute atomic E-state index is 0.0600. The Morgan fingerprint density at radius 3 is 2.36 bits per heavy atom. The van der Waals surface area contributed by atoms with Gasteiger partial charge in [0.25, 0.3) is 0 Å². The predicted molar refractivity (Wildman–Crippen MR) is 59.8 cm³/mol. The molecule has 0 saturated heterocycles. The van der Waals surface area contributed by atoms with E-state index in [0.29, 0.717) is 4.47 Å². The van der Waals surface area contributed by atoms with Crippen LogP contribution in [0.4, 0.5) is 13.2 Å². The van der Waals surface area contributed by atoms with Crippen LogP contribution in [-0.2, 0) is 0 Å². The molecule has 1 atom stereocenters. The zero-order valence-electron chi connectivity index (χ0n) is 6.78. The maximum Gasteiger partial charge on any atom is 0.407 e. The summed E-state index contributed by atoms with van der Waals surface area (Å²) in [6, 6.07) is 2.44. The molecular weight excluding hydrogens is 374 g/mol. The third-order valence-corrected chi connectivity index (χ3v) is 3.99. The van der Waals surface area contributed by atoms with Gasteiger partial charge in [-0.25, -0.2) is 0 Å². The molecule has 0 heterocycles. The molecule has 0 aliphatic carbocycles. The zero-order valence-corrected chi connectivity index (χ0v) is 10.5. The van der Waals surface area contributed by atoms with Gasteiger partial charge in [0.2, 0.25) is 0 Å². The van der Waals surface area contributed by atoms with Crippen molar-refractivity contribution in [2.75, 3.05) is 0 Å². The monoisotopic (exact) mass is 379 g/mol. The van der Waals surface area contributed by atoms with Crippen LogP contribution in [0.2, 0.25) is 0 Å². The summed E-state index contributed by atoms with van der Waals surface area (Å²) < 4.78 is 38.1. The van der Waals surface area contributed by atoms with Crippen LogP contribution in [0.5, 0.6) is 0 Å². The standard InChI is InChI=1S/C8H6BrF3IN/c9-5-3-4(1-2-6(5)13)7(14)8(10,11)12/h1-3,7H,14H2/t7-/m0/s1. The molecule has 1 nitrogen and oxygen atoms in total. The molecule has 14 heavy (non-hydrogen) atoms. The smallest absolute Gasteiger partial charge is 0.316 e. The van der Waals surface area contributed by atoms with E-state index in [9.17, 15) is 13.2 Å². The van der Waals surface area contributed by atoms with Gasteiger partial charge in [-0.15, -0.1) is 0 Å². The molecule has 1 rings (SSSR count). The van der Waals surface area contributed by atoms with Crippen LogP contribution in [0.15, 0.2) is 22.7 Å². The van der Waals surface area contributed by atoms with Crippen LogP contribution in [0.1, 0.15) is 11.6 Å². The fraction of sp³-hybridized carbons (Fsp3) is 0.250. The average Bonchev–Trinajstić information content (AvgIpc) is 2.07. The van der Waals surface area contributed by atoms with Gasteiger partial charge in [-0.05, 0) is 56.2 Å². The highest BCUT2D eigenvalue weighted by Crippen LogP contribution is 2.32. The molecule has 78 valence electrons. The molecule has 0 aliphatic heterocycles.